The molecule has 0 saturated carbocycles. The first-order valence-corrected chi connectivity index (χ1v) is 12.7. The molecule has 38 heavy (non-hydrogen) atoms. The number of alkyl halides is 2. The number of amides is 1. The van der Waals surface area contributed by atoms with Crippen molar-refractivity contribution in [2.24, 2.45) is 0 Å². The molecule has 4 heterocycles. The molecule has 5 rings (SSSR count). The summed E-state index contributed by atoms with van der Waals surface area (Å²) >= 11 is 0. The zero-order valence-electron chi connectivity index (χ0n) is 20.9. The lowest BCUT2D eigenvalue weighted by molar-refractivity contribution is 0.00697. The molecule has 0 aliphatic carbocycles. The molecule has 2 N–H and O–H groups in total. The molecule has 202 valence electrons. The van der Waals surface area contributed by atoms with Crippen LogP contribution in [-0.2, 0) is 13.0 Å². The first-order chi connectivity index (χ1) is 18.1. The van der Waals surface area contributed by atoms with E-state index < -0.39 is 30.1 Å². The number of hydrazine groups is 1. The number of rotatable bonds is 6. The van der Waals surface area contributed by atoms with Crippen molar-refractivity contribution in [1.29, 1.82) is 0 Å². The zero-order valence-corrected chi connectivity index (χ0v) is 20.9. The third kappa shape index (κ3) is 5.56. The van der Waals surface area contributed by atoms with Crippen molar-refractivity contribution in [3.63, 3.8) is 0 Å². The molecule has 0 bridgehead atoms. The Balaban J connectivity index is 1.20. The predicted molar refractivity (Wildman–Crippen MR) is 132 cm³/mol. The number of hydrogen-bond acceptors (Lipinski definition) is 6. The second-order valence-electron chi connectivity index (χ2n) is 9.92. The minimum atomic E-state index is -2.86. The second-order valence-corrected chi connectivity index (χ2v) is 9.92. The molecule has 2 aliphatic rings. The summed E-state index contributed by atoms with van der Waals surface area (Å²) in [4.78, 5) is 37.3. The molecule has 2 aromatic heterocycles. The van der Waals surface area contributed by atoms with E-state index in [4.69, 9.17) is 0 Å². The highest BCUT2D eigenvalue weighted by Crippen LogP contribution is 2.31. The summed E-state index contributed by atoms with van der Waals surface area (Å²) in [6, 6.07) is 5.87. The molecule has 1 amide bonds. The number of likely N-dealkylation sites (tertiary alicyclic amines) is 1. The first-order valence-electron chi connectivity index (χ1n) is 12.7. The average molecular weight is 533 g/mol. The summed E-state index contributed by atoms with van der Waals surface area (Å²) in [6.45, 7) is 2.76. The van der Waals surface area contributed by atoms with Gasteiger partial charge in [-0.15, -0.1) is 0 Å². The molecule has 0 spiro atoms. The number of halogens is 4. The Morgan fingerprint density at radius 3 is 2.58 bits per heavy atom. The van der Waals surface area contributed by atoms with Crippen LogP contribution in [0.5, 0.6) is 0 Å². The van der Waals surface area contributed by atoms with Crippen molar-refractivity contribution in [2.45, 2.75) is 51.0 Å². The molecule has 2 fully saturated rings. The minimum Gasteiger partial charge on any atom is -0.319 e. The van der Waals surface area contributed by atoms with Crippen LogP contribution in [-0.4, -0.2) is 62.9 Å². The number of nitrogens with zero attached hydrogens (tertiary/aromatic N) is 4. The van der Waals surface area contributed by atoms with Crippen molar-refractivity contribution in [3.8, 4) is 0 Å². The molecule has 2 aliphatic heterocycles. The van der Waals surface area contributed by atoms with Gasteiger partial charge in [0.05, 0.1) is 17.6 Å². The number of pyridine rings is 1. The van der Waals surface area contributed by atoms with Crippen LogP contribution in [0, 0.1) is 11.8 Å². The van der Waals surface area contributed by atoms with Crippen molar-refractivity contribution in [1.82, 2.24) is 30.3 Å². The van der Waals surface area contributed by atoms with Gasteiger partial charge in [0.2, 0.25) is 5.95 Å². The quantitative estimate of drug-likeness (QED) is 0.373. The van der Waals surface area contributed by atoms with Crippen LogP contribution < -0.4 is 11.0 Å². The number of carbonyl (C=O) groups excluding carboxylic acids is 1. The van der Waals surface area contributed by atoms with E-state index in [2.05, 4.69) is 25.3 Å². The van der Waals surface area contributed by atoms with Crippen LogP contribution in [0.3, 0.4) is 0 Å². The van der Waals surface area contributed by atoms with Gasteiger partial charge in [0, 0.05) is 36.7 Å². The van der Waals surface area contributed by atoms with Gasteiger partial charge in [0.1, 0.15) is 17.2 Å². The maximum atomic E-state index is 14.8. The SMILES string of the molecule is CCc1nc2cc(F)c(CN3CCC(c4ccc(C(=O)NN5CCC(F)(F)C5)nc4F)CC3)cc2[nH]c1=O. The van der Waals surface area contributed by atoms with Gasteiger partial charge < -0.3 is 4.98 Å². The average Bonchev–Trinajstić information content (AvgIpc) is 3.22. The van der Waals surface area contributed by atoms with Crippen LogP contribution in [0.2, 0.25) is 0 Å². The fourth-order valence-corrected chi connectivity index (χ4v) is 5.10. The molecule has 0 atom stereocenters. The number of nitrogens with one attached hydrogen (secondary N) is 2. The Morgan fingerprint density at radius 1 is 1.16 bits per heavy atom. The normalized spacial score (nSPS) is 18.8. The highest BCUT2D eigenvalue weighted by Gasteiger charge is 2.39. The lowest BCUT2D eigenvalue weighted by Gasteiger charge is -2.32. The Labute approximate surface area is 216 Å². The number of aryl methyl sites for hydroxylation is 1. The topological polar surface area (TPSA) is 94.2 Å². The van der Waals surface area contributed by atoms with Crippen LogP contribution >= 0.6 is 0 Å². The van der Waals surface area contributed by atoms with Gasteiger partial charge >= 0.3 is 0 Å². The van der Waals surface area contributed by atoms with E-state index in [9.17, 15) is 27.2 Å². The first kappa shape index (κ1) is 26.2. The molecular formula is C26H28F4N6O2. The number of aromatic amines is 1. The van der Waals surface area contributed by atoms with Crippen molar-refractivity contribution in [3.05, 3.63) is 68.9 Å². The fraction of sp³-hybridized carbons (Fsp3) is 0.462. The summed E-state index contributed by atoms with van der Waals surface area (Å²) in [5.41, 5.74) is 3.97. The lowest BCUT2D eigenvalue weighted by atomic mass is 9.90. The van der Waals surface area contributed by atoms with Crippen LogP contribution in [0.15, 0.2) is 29.1 Å². The molecule has 0 radical (unpaired) electrons. The zero-order chi connectivity index (χ0) is 27.0. The molecule has 8 nitrogen and oxygen atoms in total. The molecular weight excluding hydrogens is 504 g/mol. The van der Waals surface area contributed by atoms with E-state index in [-0.39, 0.29) is 30.1 Å². The summed E-state index contributed by atoms with van der Waals surface area (Å²) < 4.78 is 56.3. The molecule has 1 aromatic carbocycles. The van der Waals surface area contributed by atoms with Crippen LogP contribution in [0.25, 0.3) is 11.0 Å². The lowest BCUT2D eigenvalue weighted by Crippen LogP contribution is -2.42. The van der Waals surface area contributed by atoms with Gasteiger partial charge in [-0.1, -0.05) is 13.0 Å². The molecule has 2 saturated heterocycles. The smallest absolute Gasteiger partial charge is 0.284 e. The molecule has 3 aromatic rings. The van der Waals surface area contributed by atoms with Gasteiger partial charge in [-0.05, 0) is 50.4 Å². The maximum Gasteiger partial charge on any atom is 0.284 e. The number of aromatic nitrogens is 3. The number of carbonyl (C=O) groups is 1. The highest BCUT2D eigenvalue weighted by atomic mass is 19.3. The number of hydrogen-bond donors (Lipinski definition) is 2. The monoisotopic (exact) mass is 532 g/mol. The number of benzene rings is 1. The largest absolute Gasteiger partial charge is 0.319 e. The number of H-pyrrole nitrogens is 1. The summed E-state index contributed by atoms with van der Waals surface area (Å²) in [5.74, 6) is -4.88. The minimum absolute atomic E-state index is 0.00952. The third-order valence-electron chi connectivity index (χ3n) is 7.23. The number of piperidine rings is 1. The third-order valence-corrected chi connectivity index (χ3v) is 7.23. The van der Waals surface area contributed by atoms with E-state index in [1.54, 1.807) is 6.07 Å². The Bertz CT molecular complexity index is 1420. The van der Waals surface area contributed by atoms with Crippen molar-refractivity contribution >= 4 is 16.9 Å². The Kier molecular flexibility index (Phi) is 7.19. The van der Waals surface area contributed by atoms with Gasteiger partial charge in [-0.25, -0.2) is 28.1 Å². The van der Waals surface area contributed by atoms with E-state index in [0.29, 0.717) is 66.8 Å². The Hall–Kier alpha value is -3.38. The van der Waals surface area contributed by atoms with E-state index in [0.717, 1.165) is 5.01 Å². The fourth-order valence-electron chi connectivity index (χ4n) is 5.10. The highest BCUT2D eigenvalue weighted by molar-refractivity contribution is 5.91. The second kappa shape index (κ2) is 10.4. The van der Waals surface area contributed by atoms with Gasteiger partial charge in [-0.2, -0.15) is 4.39 Å². The molecule has 12 heteroatoms. The predicted octanol–water partition coefficient (Wildman–Crippen LogP) is 3.52. The van der Waals surface area contributed by atoms with Gasteiger partial charge in [0.15, 0.2) is 0 Å². The van der Waals surface area contributed by atoms with E-state index in [1.807, 2.05) is 6.92 Å². The summed E-state index contributed by atoms with van der Waals surface area (Å²) in [6.07, 6.45) is 1.33. The standard InChI is InChI=1S/C26H28F4N6O2/c1-2-19-24(37)33-21-11-16(18(27)12-22(21)31-19)13-35-8-5-15(6-9-35)17-3-4-20(32-23(17)28)25(38)34-36-10-7-26(29,30)14-36/h3-4,11-12,15H,2,5-10,13-14H2,1H3,(H,33,37)(H,34,38). The van der Waals surface area contributed by atoms with E-state index in [1.165, 1.54) is 18.2 Å². The van der Waals surface area contributed by atoms with Crippen molar-refractivity contribution in [2.75, 3.05) is 26.2 Å². The summed E-state index contributed by atoms with van der Waals surface area (Å²) in [7, 11) is 0. The summed E-state index contributed by atoms with van der Waals surface area (Å²) in [5, 5.41) is 1.11. The van der Waals surface area contributed by atoms with Gasteiger partial charge in [0.25, 0.3) is 17.4 Å². The van der Waals surface area contributed by atoms with Crippen LogP contribution in [0.4, 0.5) is 17.6 Å². The van der Waals surface area contributed by atoms with E-state index >= 15 is 0 Å². The molecule has 0 unspecified atom stereocenters. The van der Waals surface area contributed by atoms with Crippen LogP contribution in [0.1, 0.15) is 59.4 Å². The van der Waals surface area contributed by atoms with Gasteiger partial charge in [-0.3, -0.25) is 19.9 Å². The number of fused-ring (bicyclic) bond motifs is 1. The maximum absolute atomic E-state index is 14.8. The Morgan fingerprint density at radius 2 is 1.92 bits per heavy atom. The van der Waals surface area contributed by atoms with Crippen molar-refractivity contribution < 1.29 is 22.4 Å².